The molecule has 0 aromatic rings. The second-order valence-electron chi connectivity index (χ2n) is 14.9. The van der Waals surface area contributed by atoms with Gasteiger partial charge in [0.25, 0.3) is 0 Å². The van der Waals surface area contributed by atoms with Crippen molar-refractivity contribution in [2.45, 2.75) is 231 Å². The number of unbranched alkanes of at least 4 members (excludes halogenated alkanes) is 29. The van der Waals surface area contributed by atoms with Gasteiger partial charge in [-0.25, -0.2) is 4.57 Å². The van der Waals surface area contributed by atoms with Crippen molar-refractivity contribution in [1.29, 1.82) is 0 Å². The SMILES string of the molecule is CCCCCCCCCCCCC/C=C/C(O)C(COP(=O)(O)OCCN)NC(=O)CCCCCCCCCCCCCCCCCCCCC. The Kier molecular flexibility index (Phi) is 38.4. The van der Waals surface area contributed by atoms with E-state index in [9.17, 15) is 19.4 Å². The Balaban J connectivity index is 4.14. The summed E-state index contributed by atoms with van der Waals surface area (Å²) in [6.45, 7) is 4.15. The first-order valence-corrected chi connectivity index (χ1v) is 23.3. The van der Waals surface area contributed by atoms with E-state index >= 15 is 0 Å². The van der Waals surface area contributed by atoms with E-state index in [1.807, 2.05) is 6.08 Å². The van der Waals surface area contributed by atoms with Crippen LogP contribution in [0.3, 0.4) is 0 Å². The molecule has 3 atom stereocenters. The van der Waals surface area contributed by atoms with Crippen molar-refractivity contribution in [2.75, 3.05) is 19.8 Å². The number of nitrogens with one attached hydrogen (secondary N) is 1. The average molecular weight is 745 g/mol. The van der Waals surface area contributed by atoms with Crippen LogP contribution in [0.2, 0.25) is 0 Å². The Morgan fingerprint density at radius 2 is 1.00 bits per heavy atom. The van der Waals surface area contributed by atoms with Gasteiger partial charge in [-0.1, -0.05) is 206 Å². The van der Waals surface area contributed by atoms with Gasteiger partial charge in [-0.3, -0.25) is 13.8 Å². The Bertz CT molecular complexity index is 814. The van der Waals surface area contributed by atoms with Crippen LogP contribution < -0.4 is 11.1 Å². The van der Waals surface area contributed by atoms with Gasteiger partial charge in [-0.05, 0) is 19.3 Å². The van der Waals surface area contributed by atoms with Crippen LogP contribution in [0, 0.1) is 0 Å². The van der Waals surface area contributed by atoms with E-state index in [1.165, 1.54) is 161 Å². The quantitative estimate of drug-likeness (QED) is 0.0278. The van der Waals surface area contributed by atoms with Crippen LogP contribution in [-0.2, 0) is 18.4 Å². The fourth-order valence-corrected chi connectivity index (χ4v) is 7.30. The molecule has 0 radical (unpaired) electrons. The van der Waals surface area contributed by atoms with Crippen molar-refractivity contribution < 1.29 is 28.4 Å². The Morgan fingerprint density at radius 1 is 0.627 bits per heavy atom. The van der Waals surface area contributed by atoms with Gasteiger partial charge in [0.1, 0.15) is 0 Å². The van der Waals surface area contributed by atoms with Crippen molar-refractivity contribution in [3.05, 3.63) is 12.2 Å². The number of carbonyl (C=O) groups is 1. The highest BCUT2D eigenvalue weighted by atomic mass is 31.2. The number of phosphoric acid groups is 1. The van der Waals surface area contributed by atoms with Crippen molar-refractivity contribution >= 4 is 13.7 Å². The number of aliphatic hydroxyl groups is 1. The topological polar surface area (TPSA) is 131 Å². The van der Waals surface area contributed by atoms with Gasteiger partial charge in [0.15, 0.2) is 0 Å². The highest BCUT2D eigenvalue weighted by Crippen LogP contribution is 2.43. The molecule has 9 heteroatoms. The fraction of sp³-hybridized carbons (Fsp3) is 0.929. The first-order valence-electron chi connectivity index (χ1n) is 21.8. The second kappa shape index (κ2) is 38.9. The van der Waals surface area contributed by atoms with Gasteiger partial charge in [0, 0.05) is 13.0 Å². The molecule has 0 saturated carbocycles. The van der Waals surface area contributed by atoms with Crippen LogP contribution in [0.5, 0.6) is 0 Å². The molecule has 1 amide bonds. The summed E-state index contributed by atoms with van der Waals surface area (Å²) in [5.41, 5.74) is 5.37. The number of phosphoric ester groups is 1. The summed E-state index contributed by atoms with van der Waals surface area (Å²) in [4.78, 5) is 22.7. The minimum absolute atomic E-state index is 0.0813. The van der Waals surface area contributed by atoms with Crippen molar-refractivity contribution in [3.63, 3.8) is 0 Å². The van der Waals surface area contributed by atoms with E-state index in [0.29, 0.717) is 6.42 Å². The van der Waals surface area contributed by atoms with E-state index in [1.54, 1.807) is 6.08 Å². The maximum atomic E-state index is 12.7. The molecule has 0 aliphatic rings. The van der Waals surface area contributed by atoms with Gasteiger partial charge in [-0.15, -0.1) is 0 Å². The minimum Gasteiger partial charge on any atom is -0.387 e. The van der Waals surface area contributed by atoms with E-state index in [-0.39, 0.29) is 25.7 Å². The molecule has 0 heterocycles. The fourth-order valence-electron chi connectivity index (χ4n) is 6.54. The molecule has 0 spiro atoms. The van der Waals surface area contributed by atoms with Crippen LogP contribution in [0.25, 0.3) is 0 Å². The number of aliphatic hydroxyl groups excluding tert-OH is 1. The summed E-state index contributed by atoms with van der Waals surface area (Å²) in [5.74, 6) is -0.191. The molecule has 5 N–H and O–H groups in total. The molecular weight excluding hydrogens is 659 g/mol. The number of allylic oxidation sites excluding steroid dienone is 1. The molecule has 0 saturated heterocycles. The zero-order chi connectivity index (χ0) is 37.5. The molecule has 304 valence electrons. The summed E-state index contributed by atoms with van der Waals surface area (Å²) < 4.78 is 22.1. The van der Waals surface area contributed by atoms with Crippen molar-refractivity contribution in [3.8, 4) is 0 Å². The predicted octanol–water partition coefficient (Wildman–Crippen LogP) is 12.0. The van der Waals surface area contributed by atoms with E-state index < -0.39 is 20.0 Å². The van der Waals surface area contributed by atoms with E-state index in [2.05, 4.69) is 19.2 Å². The molecule has 8 nitrogen and oxygen atoms in total. The van der Waals surface area contributed by atoms with Crippen molar-refractivity contribution in [2.24, 2.45) is 5.73 Å². The number of amides is 1. The molecule has 0 fully saturated rings. The lowest BCUT2D eigenvalue weighted by Gasteiger charge is -2.23. The summed E-state index contributed by atoms with van der Waals surface area (Å²) in [6.07, 6.45) is 42.6. The molecule has 3 unspecified atom stereocenters. The molecular formula is C42H85N2O6P. The van der Waals surface area contributed by atoms with Gasteiger partial charge >= 0.3 is 7.82 Å². The lowest BCUT2D eigenvalue weighted by Crippen LogP contribution is -2.45. The maximum absolute atomic E-state index is 12.7. The van der Waals surface area contributed by atoms with Gasteiger partial charge in [0.05, 0.1) is 25.4 Å². The Morgan fingerprint density at radius 3 is 1.39 bits per heavy atom. The van der Waals surface area contributed by atoms with Crippen LogP contribution in [0.1, 0.15) is 219 Å². The monoisotopic (exact) mass is 745 g/mol. The first kappa shape index (κ1) is 50.2. The largest absolute Gasteiger partial charge is 0.472 e. The zero-order valence-corrected chi connectivity index (χ0v) is 34.5. The van der Waals surface area contributed by atoms with Crippen LogP contribution in [-0.4, -0.2) is 47.8 Å². The molecule has 0 rings (SSSR count). The third-order valence-corrected chi connectivity index (χ3v) is 10.8. The number of hydrogen-bond donors (Lipinski definition) is 4. The zero-order valence-electron chi connectivity index (χ0n) is 33.6. The lowest BCUT2D eigenvalue weighted by atomic mass is 10.0. The predicted molar refractivity (Wildman–Crippen MR) is 217 cm³/mol. The Hall–Kier alpha value is -0.760. The summed E-state index contributed by atoms with van der Waals surface area (Å²) in [5, 5.41) is 13.7. The third kappa shape index (κ3) is 37.4. The van der Waals surface area contributed by atoms with Crippen LogP contribution >= 0.6 is 7.82 Å². The average Bonchev–Trinajstić information content (AvgIpc) is 3.12. The van der Waals surface area contributed by atoms with Gasteiger partial charge in [0.2, 0.25) is 5.91 Å². The third-order valence-electron chi connectivity index (χ3n) is 9.86. The smallest absolute Gasteiger partial charge is 0.387 e. The summed E-state index contributed by atoms with van der Waals surface area (Å²) >= 11 is 0. The molecule has 0 aromatic carbocycles. The van der Waals surface area contributed by atoms with Gasteiger partial charge < -0.3 is 21.1 Å². The normalized spacial score (nSPS) is 14.2. The summed E-state index contributed by atoms with van der Waals surface area (Å²) in [6, 6.07) is -0.853. The maximum Gasteiger partial charge on any atom is 0.472 e. The highest BCUT2D eigenvalue weighted by molar-refractivity contribution is 7.47. The lowest BCUT2D eigenvalue weighted by molar-refractivity contribution is -0.123. The molecule has 0 aliphatic heterocycles. The second-order valence-corrected chi connectivity index (χ2v) is 16.4. The molecule has 0 aromatic heterocycles. The minimum atomic E-state index is -4.33. The van der Waals surface area contributed by atoms with E-state index in [0.717, 1.165) is 38.5 Å². The number of carbonyl (C=O) groups excluding carboxylic acids is 1. The highest BCUT2D eigenvalue weighted by Gasteiger charge is 2.26. The first-order chi connectivity index (χ1) is 24.9. The molecule has 51 heavy (non-hydrogen) atoms. The molecule has 0 bridgehead atoms. The van der Waals surface area contributed by atoms with Crippen LogP contribution in [0.15, 0.2) is 12.2 Å². The van der Waals surface area contributed by atoms with Gasteiger partial charge in [-0.2, -0.15) is 0 Å². The standard InChI is InChI=1S/C42H85N2O6P/c1-3-5-7-9-11-13-15-17-18-19-20-21-22-24-26-28-30-32-34-36-42(46)44-40(39-50-51(47,48)49-38-37-43)41(45)35-33-31-29-27-25-23-16-14-12-10-8-6-4-2/h33,35,40-41,45H,3-32,34,36-39,43H2,1-2H3,(H,44,46)(H,47,48)/b35-33+. The van der Waals surface area contributed by atoms with Crippen molar-refractivity contribution in [1.82, 2.24) is 5.32 Å². The van der Waals surface area contributed by atoms with Crippen LogP contribution in [0.4, 0.5) is 0 Å². The molecule has 0 aliphatic carbocycles. The Labute approximate surface area is 315 Å². The van der Waals surface area contributed by atoms with E-state index in [4.69, 9.17) is 14.8 Å². The number of nitrogens with two attached hydrogens (primary N) is 1. The number of hydrogen-bond acceptors (Lipinski definition) is 6. The number of rotatable bonds is 41. The summed E-state index contributed by atoms with van der Waals surface area (Å²) in [7, 11) is -4.33.